The molecule has 0 aromatic heterocycles. The van der Waals surface area contributed by atoms with Gasteiger partial charge in [-0.2, -0.15) is 0 Å². The molecule has 102 valence electrons. The molecule has 0 fully saturated rings. The molecule has 0 aliphatic heterocycles. The Bertz CT molecular complexity index is 226. The number of rotatable bonds is 8. The van der Waals surface area contributed by atoms with Gasteiger partial charge in [-0.3, -0.25) is 4.79 Å². The van der Waals surface area contributed by atoms with Crippen molar-refractivity contribution in [2.24, 2.45) is 5.41 Å². The number of halogens is 1. The second kappa shape index (κ2) is 7.96. The Morgan fingerprint density at radius 3 is 2.35 bits per heavy atom. The molecule has 0 aromatic carbocycles. The van der Waals surface area contributed by atoms with Gasteiger partial charge in [0.15, 0.2) is 0 Å². The van der Waals surface area contributed by atoms with Gasteiger partial charge in [0.05, 0.1) is 0 Å². The second-order valence-corrected chi connectivity index (χ2v) is 6.70. The molecule has 0 bridgehead atoms. The standard InChI is InChI=1S/C13H25FO2S/c1-5-7-10(14)8-6-9-17-11(12(15)16)13(2,3)4/h10-11H,5-9H2,1-4H3,(H,15,16). The molecule has 0 heterocycles. The number of hydrogen-bond acceptors (Lipinski definition) is 2. The van der Waals surface area contributed by atoms with E-state index in [-0.39, 0.29) is 5.41 Å². The molecule has 0 amide bonds. The van der Waals surface area contributed by atoms with E-state index in [1.54, 1.807) is 0 Å². The van der Waals surface area contributed by atoms with Crippen LogP contribution >= 0.6 is 11.8 Å². The predicted molar refractivity (Wildman–Crippen MR) is 72.4 cm³/mol. The van der Waals surface area contributed by atoms with Crippen molar-refractivity contribution in [1.29, 1.82) is 0 Å². The highest BCUT2D eigenvalue weighted by atomic mass is 32.2. The lowest BCUT2D eigenvalue weighted by atomic mass is 9.92. The Hall–Kier alpha value is -0.250. The summed E-state index contributed by atoms with van der Waals surface area (Å²) in [7, 11) is 0. The molecule has 0 radical (unpaired) electrons. The maximum Gasteiger partial charge on any atom is 0.317 e. The van der Waals surface area contributed by atoms with Gasteiger partial charge in [0.2, 0.25) is 0 Å². The highest BCUT2D eigenvalue weighted by Crippen LogP contribution is 2.31. The molecule has 2 atom stereocenters. The van der Waals surface area contributed by atoms with Crippen LogP contribution in [-0.2, 0) is 4.79 Å². The van der Waals surface area contributed by atoms with Crippen molar-refractivity contribution in [1.82, 2.24) is 0 Å². The third-order valence-electron chi connectivity index (χ3n) is 2.56. The van der Waals surface area contributed by atoms with Crippen LogP contribution in [0, 0.1) is 5.41 Å². The van der Waals surface area contributed by atoms with Crippen LogP contribution in [0.2, 0.25) is 0 Å². The van der Waals surface area contributed by atoms with Crippen LogP contribution in [0.5, 0.6) is 0 Å². The zero-order valence-electron chi connectivity index (χ0n) is 11.3. The van der Waals surface area contributed by atoms with Gasteiger partial charge in [0.1, 0.15) is 11.4 Å². The molecule has 2 unspecified atom stereocenters. The minimum atomic E-state index is -0.771. The third-order valence-corrected chi connectivity index (χ3v) is 4.33. The molecule has 0 saturated heterocycles. The summed E-state index contributed by atoms with van der Waals surface area (Å²) in [5.74, 6) is -0.0499. The molecule has 4 heteroatoms. The lowest BCUT2D eigenvalue weighted by molar-refractivity contribution is -0.138. The van der Waals surface area contributed by atoms with Gasteiger partial charge in [-0.1, -0.05) is 34.1 Å². The van der Waals surface area contributed by atoms with Gasteiger partial charge in [-0.25, -0.2) is 4.39 Å². The lowest BCUT2D eigenvalue weighted by Gasteiger charge is -2.26. The SMILES string of the molecule is CCCC(F)CCCSC(C(=O)O)C(C)(C)C. The van der Waals surface area contributed by atoms with Gasteiger partial charge < -0.3 is 5.11 Å². The average Bonchev–Trinajstić information content (AvgIpc) is 2.14. The van der Waals surface area contributed by atoms with Crippen LogP contribution in [0.4, 0.5) is 4.39 Å². The Kier molecular flexibility index (Phi) is 7.84. The number of thioether (sulfide) groups is 1. The van der Waals surface area contributed by atoms with Crippen LogP contribution in [0.1, 0.15) is 53.4 Å². The highest BCUT2D eigenvalue weighted by Gasteiger charge is 2.31. The maximum atomic E-state index is 13.2. The summed E-state index contributed by atoms with van der Waals surface area (Å²) < 4.78 is 13.2. The minimum absolute atomic E-state index is 0.255. The molecule has 0 spiro atoms. The first kappa shape index (κ1) is 16.8. The molecule has 0 aliphatic carbocycles. The zero-order chi connectivity index (χ0) is 13.5. The molecule has 0 aromatic rings. The summed E-state index contributed by atoms with van der Waals surface area (Å²) in [6.07, 6.45) is 2.07. The van der Waals surface area contributed by atoms with E-state index in [1.807, 2.05) is 27.7 Å². The van der Waals surface area contributed by atoms with Gasteiger partial charge in [-0.05, 0) is 30.4 Å². The molecular weight excluding hydrogens is 239 g/mol. The molecule has 0 rings (SSSR count). The summed E-state index contributed by atoms with van der Waals surface area (Å²) >= 11 is 1.43. The quantitative estimate of drug-likeness (QED) is 0.670. The summed E-state index contributed by atoms with van der Waals surface area (Å²) in [6, 6.07) is 0. The smallest absolute Gasteiger partial charge is 0.317 e. The van der Waals surface area contributed by atoms with E-state index >= 15 is 0 Å². The highest BCUT2D eigenvalue weighted by molar-refractivity contribution is 8.00. The number of hydrogen-bond donors (Lipinski definition) is 1. The fraction of sp³-hybridized carbons (Fsp3) is 0.923. The first-order chi connectivity index (χ1) is 7.79. The van der Waals surface area contributed by atoms with Crippen molar-refractivity contribution in [3.8, 4) is 0 Å². The molecular formula is C13H25FO2S. The van der Waals surface area contributed by atoms with Crippen molar-refractivity contribution in [2.45, 2.75) is 64.8 Å². The second-order valence-electron chi connectivity index (χ2n) is 5.48. The van der Waals surface area contributed by atoms with Crippen LogP contribution in [0.15, 0.2) is 0 Å². The van der Waals surface area contributed by atoms with E-state index in [2.05, 4.69) is 0 Å². The third kappa shape index (κ3) is 7.63. The van der Waals surface area contributed by atoms with E-state index in [0.29, 0.717) is 12.8 Å². The number of carboxylic acids is 1. The van der Waals surface area contributed by atoms with Crippen molar-refractivity contribution < 1.29 is 14.3 Å². The zero-order valence-corrected chi connectivity index (χ0v) is 12.1. The minimum Gasteiger partial charge on any atom is -0.480 e. The summed E-state index contributed by atoms with van der Waals surface area (Å²) in [5, 5.41) is 8.70. The fourth-order valence-corrected chi connectivity index (χ4v) is 2.87. The largest absolute Gasteiger partial charge is 0.480 e. The van der Waals surface area contributed by atoms with E-state index < -0.39 is 17.4 Å². The number of alkyl halides is 1. The van der Waals surface area contributed by atoms with Crippen LogP contribution in [0.3, 0.4) is 0 Å². The fourth-order valence-electron chi connectivity index (χ4n) is 1.66. The van der Waals surface area contributed by atoms with Gasteiger partial charge in [0.25, 0.3) is 0 Å². The molecule has 0 aliphatic rings. The Balaban J connectivity index is 3.89. The Morgan fingerprint density at radius 1 is 1.35 bits per heavy atom. The van der Waals surface area contributed by atoms with Crippen LogP contribution in [0.25, 0.3) is 0 Å². The number of carboxylic acid groups (broad SMARTS) is 1. The first-order valence-corrected chi connectivity index (χ1v) is 7.32. The van der Waals surface area contributed by atoms with E-state index in [1.165, 1.54) is 11.8 Å². The van der Waals surface area contributed by atoms with Crippen LogP contribution < -0.4 is 0 Å². The lowest BCUT2D eigenvalue weighted by Crippen LogP contribution is -2.31. The van der Waals surface area contributed by atoms with Crippen molar-refractivity contribution in [3.05, 3.63) is 0 Å². The average molecular weight is 264 g/mol. The monoisotopic (exact) mass is 264 g/mol. The van der Waals surface area contributed by atoms with Crippen molar-refractivity contribution in [2.75, 3.05) is 5.75 Å². The van der Waals surface area contributed by atoms with Gasteiger partial charge in [0, 0.05) is 0 Å². The van der Waals surface area contributed by atoms with E-state index in [4.69, 9.17) is 5.11 Å². The number of carbonyl (C=O) groups is 1. The van der Waals surface area contributed by atoms with Crippen molar-refractivity contribution in [3.63, 3.8) is 0 Å². The Labute approximate surface area is 108 Å². The first-order valence-electron chi connectivity index (χ1n) is 6.27. The van der Waals surface area contributed by atoms with Gasteiger partial charge in [-0.15, -0.1) is 11.8 Å². The molecule has 2 nitrogen and oxygen atoms in total. The van der Waals surface area contributed by atoms with Gasteiger partial charge >= 0.3 is 5.97 Å². The van der Waals surface area contributed by atoms with E-state index in [9.17, 15) is 9.18 Å². The molecule has 1 N–H and O–H groups in total. The van der Waals surface area contributed by atoms with Crippen LogP contribution in [-0.4, -0.2) is 28.3 Å². The molecule has 17 heavy (non-hydrogen) atoms. The number of aliphatic carboxylic acids is 1. The summed E-state index contributed by atoms with van der Waals surface area (Å²) in [5.41, 5.74) is -0.255. The summed E-state index contributed by atoms with van der Waals surface area (Å²) in [6.45, 7) is 7.75. The molecule has 0 saturated carbocycles. The summed E-state index contributed by atoms with van der Waals surface area (Å²) in [4.78, 5) is 11.1. The topological polar surface area (TPSA) is 37.3 Å². The maximum absolute atomic E-state index is 13.2. The Morgan fingerprint density at radius 2 is 1.94 bits per heavy atom. The predicted octanol–water partition coefficient (Wildman–Crippen LogP) is 4.14. The van der Waals surface area contributed by atoms with Crippen molar-refractivity contribution >= 4 is 17.7 Å². The normalized spacial score (nSPS) is 15.6. The van der Waals surface area contributed by atoms with E-state index in [0.717, 1.165) is 18.6 Å².